The highest BCUT2D eigenvalue weighted by atomic mass is 28.2. The summed E-state index contributed by atoms with van der Waals surface area (Å²) < 4.78 is 11.5. The minimum Gasteiger partial charge on any atom is -0.495 e. The van der Waals surface area contributed by atoms with Gasteiger partial charge in [-0.2, -0.15) is 0 Å². The lowest BCUT2D eigenvalue weighted by Crippen LogP contribution is -2.18. The lowest BCUT2D eigenvalue weighted by Gasteiger charge is -2.12. The third-order valence-electron chi connectivity index (χ3n) is 4.46. The Morgan fingerprint density at radius 3 is 1.87 bits per heavy atom. The summed E-state index contributed by atoms with van der Waals surface area (Å²) in [6.07, 6.45) is 1.46. The topological polar surface area (TPSA) is 105 Å². The van der Waals surface area contributed by atoms with Crippen LogP contribution in [-0.2, 0) is 22.7 Å². The zero-order valence-electron chi connectivity index (χ0n) is 16.5. The highest BCUT2D eigenvalue weighted by Crippen LogP contribution is 2.21. The normalized spacial score (nSPS) is 11.4. The van der Waals surface area contributed by atoms with Gasteiger partial charge in [0, 0.05) is 12.1 Å². The van der Waals surface area contributed by atoms with Gasteiger partial charge in [-0.25, -0.2) is 0 Å². The predicted molar refractivity (Wildman–Crippen MR) is 118 cm³/mol. The minimum atomic E-state index is -1.06. The van der Waals surface area contributed by atoms with Crippen molar-refractivity contribution in [3.05, 3.63) is 122 Å². The van der Waals surface area contributed by atoms with Crippen molar-refractivity contribution < 1.29 is 19.3 Å². The minimum absolute atomic E-state index is 0.0101. The Morgan fingerprint density at radius 2 is 1.29 bits per heavy atom. The van der Waals surface area contributed by atoms with E-state index in [0.29, 0.717) is 16.5 Å². The quantitative estimate of drug-likeness (QED) is 0.208. The van der Waals surface area contributed by atoms with Crippen molar-refractivity contribution in [3.63, 3.8) is 0 Å². The summed E-state index contributed by atoms with van der Waals surface area (Å²) in [5, 5.41) is 24.1. The molecule has 0 spiro atoms. The second-order valence-corrected chi connectivity index (χ2v) is 8.48. The average Bonchev–Trinajstić information content (AvgIpc) is 2.78. The number of nitro groups is 2. The molecular formula is C22H20N2O6Si. The maximum absolute atomic E-state index is 11.2. The first-order valence-corrected chi connectivity index (χ1v) is 10.9. The van der Waals surface area contributed by atoms with Crippen molar-refractivity contribution >= 4 is 26.1 Å². The molecule has 0 aliphatic carbocycles. The van der Waals surface area contributed by atoms with Gasteiger partial charge < -0.3 is 9.47 Å². The van der Waals surface area contributed by atoms with Crippen LogP contribution >= 0.6 is 0 Å². The monoisotopic (exact) mass is 436 g/mol. The molecule has 0 heterocycles. The summed E-state index contributed by atoms with van der Waals surface area (Å²) >= 11 is 0. The van der Waals surface area contributed by atoms with Gasteiger partial charge in [0.1, 0.15) is 34.4 Å². The molecule has 0 atom stereocenters. The van der Waals surface area contributed by atoms with E-state index in [1.54, 1.807) is 36.4 Å². The van der Waals surface area contributed by atoms with Crippen LogP contribution in [0.25, 0.3) is 0 Å². The number of benzene rings is 3. The number of rotatable bonds is 10. The summed E-state index contributed by atoms with van der Waals surface area (Å²) in [6.45, 7) is 0.0380. The molecule has 0 N–H and O–H groups in total. The molecule has 0 saturated heterocycles. The van der Waals surface area contributed by atoms with E-state index in [4.69, 9.17) is 9.47 Å². The van der Waals surface area contributed by atoms with Gasteiger partial charge in [0.05, 0.1) is 21.0 Å². The fourth-order valence-corrected chi connectivity index (χ4v) is 4.26. The molecular weight excluding hydrogens is 416 g/mol. The fourth-order valence-electron chi connectivity index (χ4n) is 2.94. The Morgan fingerprint density at radius 1 is 0.774 bits per heavy atom. The van der Waals surface area contributed by atoms with Crippen molar-refractivity contribution in [1.29, 1.82) is 0 Å². The SMILES string of the molecule is O=[N+]([O-])c1ccccc1COC=C(OCc1ccccc1[N+](=O)[O-])[SiH2]c1ccccc1. The smallest absolute Gasteiger partial charge is 0.276 e. The molecule has 0 bridgehead atoms. The van der Waals surface area contributed by atoms with Gasteiger partial charge in [-0.1, -0.05) is 59.8 Å². The molecule has 0 amide bonds. The molecule has 31 heavy (non-hydrogen) atoms. The van der Waals surface area contributed by atoms with Crippen LogP contribution in [-0.4, -0.2) is 19.4 Å². The standard InChI is InChI=1S/C22H20N2O6Si/c25-23(26)20-12-6-4-8-17(20)14-29-16-22(31-19-10-2-1-3-11-19)30-15-18-9-5-7-13-21(18)24(27)28/h1-13,16H,14-15,31H2. The molecule has 0 aliphatic rings. The van der Waals surface area contributed by atoms with Gasteiger partial charge in [0.2, 0.25) is 0 Å². The van der Waals surface area contributed by atoms with E-state index in [-0.39, 0.29) is 24.6 Å². The van der Waals surface area contributed by atoms with Crippen molar-refractivity contribution in [2.24, 2.45) is 0 Å². The molecule has 0 saturated carbocycles. The van der Waals surface area contributed by atoms with Crippen LogP contribution in [0, 0.1) is 20.2 Å². The largest absolute Gasteiger partial charge is 0.495 e. The van der Waals surface area contributed by atoms with Gasteiger partial charge in [-0.3, -0.25) is 20.2 Å². The van der Waals surface area contributed by atoms with Crippen LogP contribution < -0.4 is 5.19 Å². The molecule has 158 valence electrons. The highest BCUT2D eigenvalue weighted by Gasteiger charge is 2.15. The van der Waals surface area contributed by atoms with E-state index >= 15 is 0 Å². The molecule has 8 nitrogen and oxygen atoms in total. The highest BCUT2D eigenvalue weighted by molar-refractivity contribution is 6.60. The van der Waals surface area contributed by atoms with Gasteiger partial charge in [0.15, 0.2) is 0 Å². The van der Waals surface area contributed by atoms with Gasteiger partial charge in [-0.15, -0.1) is 0 Å². The second kappa shape index (κ2) is 10.7. The van der Waals surface area contributed by atoms with Gasteiger partial charge in [-0.05, 0) is 12.1 Å². The lowest BCUT2D eigenvalue weighted by molar-refractivity contribution is -0.386. The Kier molecular flexibility index (Phi) is 7.49. The molecule has 0 fully saturated rings. The Hall–Kier alpha value is -3.98. The molecule has 0 radical (unpaired) electrons. The van der Waals surface area contributed by atoms with E-state index in [2.05, 4.69) is 0 Å². The first-order chi connectivity index (χ1) is 15.0. The number of nitrogens with zero attached hydrogens (tertiary/aromatic N) is 2. The number of hydrogen-bond donors (Lipinski definition) is 0. The van der Waals surface area contributed by atoms with Crippen molar-refractivity contribution in [2.45, 2.75) is 13.2 Å². The molecule has 0 unspecified atom stereocenters. The van der Waals surface area contributed by atoms with Crippen molar-refractivity contribution in [1.82, 2.24) is 0 Å². The van der Waals surface area contributed by atoms with E-state index in [9.17, 15) is 20.2 Å². The number of para-hydroxylation sites is 2. The van der Waals surface area contributed by atoms with Crippen LogP contribution in [0.3, 0.4) is 0 Å². The second-order valence-electron chi connectivity index (χ2n) is 6.62. The van der Waals surface area contributed by atoms with Crippen LogP contribution in [0.5, 0.6) is 0 Å². The van der Waals surface area contributed by atoms with E-state index < -0.39 is 19.4 Å². The van der Waals surface area contributed by atoms with Crippen LogP contribution in [0.15, 0.2) is 90.5 Å². The predicted octanol–water partition coefficient (Wildman–Crippen LogP) is 3.53. The van der Waals surface area contributed by atoms with E-state index in [1.165, 1.54) is 18.4 Å². The van der Waals surface area contributed by atoms with E-state index in [1.807, 2.05) is 30.3 Å². The number of ether oxygens (including phenoxy) is 2. The molecule has 9 heteroatoms. The fraction of sp³-hybridized carbons (Fsp3) is 0.0909. The number of hydrogen-bond acceptors (Lipinski definition) is 6. The lowest BCUT2D eigenvalue weighted by atomic mass is 10.2. The first-order valence-electron chi connectivity index (χ1n) is 9.46. The summed E-state index contributed by atoms with van der Waals surface area (Å²) in [7, 11) is -1.06. The first kappa shape index (κ1) is 21.7. The van der Waals surface area contributed by atoms with E-state index in [0.717, 1.165) is 5.19 Å². The maximum atomic E-state index is 11.2. The summed E-state index contributed by atoms with van der Waals surface area (Å²) in [4.78, 5) is 21.5. The average molecular weight is 436 g/mol. The third kappa shape index (κ3) is 6.25. The maximum Gasteiger partial charge on any atom is 0.276 e. The Labute approximate surface area is 180 Å². The Balaban J connectivity index is 1.75. The zero-order valence-corrected chi connectivity index (χ0v) is 18.0. The Bertz CT molecular complexity index is 1090. The molecule has 3 rings (SSSR count). The summed E-state index contributed by atoms with van der Waals surface area (Å²) in [6, 6.07) is 22.5. The van der Waals surface area contributed by atoms with Gasteiger partial charge >= 0.3 is 0 Å². The third-order valence-corrected chi connectivity index (χ3v) is 6.06. The summed E-state index contributed by atoms with van der Waals surface area (Å²) in [5.41, 5.74) is 0.880. The van der Waals surface area contributed by atoms with Gasteiger partial charge in [0.25, 0.3) is 11.4 Å². The molecule has 0 aromatic heterocycles. The molecule has 0 aliphatic heterocycles. The summed E-state index contributed by atoms with van der Waals surface area (Å²) in [5.74, 6) is 0. The molecule has 3 aromatic rings. The van der Waals surface area contributed by atoms with Crippen molar-refractivity contribution in [2.75, 3.05) is 0 Å². The molecule has 3 aromatic carbocycles. The van der Waals surface area contributed by atoms with Crippen LogP contribution in [0.1, 0.15) is 11.1 Å². The van der Waals surface area contributed by atoms with Crippen LogP contribution in [0.4, 0.5) is 11.4 Å². The van der Waals surface area contributed by atoms with Crippen molar-refractivity contribution in [3.8, 4) is 0 Å². The number of nitro benzene ring substituents is 2. The van der Waals surface area contributed by atoms with Crippen LogP contribution in [0.2, 0.25) is 0 Å². The zero-order chi connectivity index (χ0) is 22.1.